The van der Waals surface area contributed by atoms with Gasteiger partial charge in [-0.2, -0.15) is 0 Å². The molecule has 0 aliphatic carbocycles. The summed E-state index contributed by atoms with van der Waals surface area (Å²) in [4.78, 5) is 24.2. The maximum Gasteiger partial charge on any atom is 0.326 e. The molecule has 6 nitrogen and oxygen atoms in total. The van der Waals surface area contributed by atoms with Crippen molar-refractivity contribution < 1.29 is 4.79 Å². The van der Waals surface area contributed by atoms with Gasteiger partial charge in [-0.3, -0.25) is 15.6 Å². The zero-order chi connectivity index (χ0) is 14.5. The van der Waals surface area contributed by atoms with E-state index in [1.165, 1.54) is 11.3 Å². The van der Waals surface area contributed by atoms with E-state index in [2.05, 4.69) is 25.6 Å². The van der Waals surface area contributed by atoms with E-state index in [1.807, 2.05) is 17.5 Å². The molecule has 0 saturated heterocycles. The molecular formula is C14H11N5OS. The standard InChI is InChI=1S/C14H11N5OS/c20-13(18-12-5-1-2-7-16-12)19-14-17-11(9-21-14)10-4-3-6-15-8-10/h1-9H,(H2,16,17,18,19,20). The second kappa shape index (κ2) is 6.10. The van der Waals surface area contributed by atoms with Gasteiger partial charge >= 0.3 is 6.03 Å². The molecule has 0 aliphatic heterocycles. The number of urea groups is 1. The van der Waals surface area contributed by atoms with Crippen LogP contribution in [0.15, 0.2) is 54.3 Å². The first kappa shape index (κ1) is 13.2. The van der Waals surface area contributed by atoms with Crippen LogP contribution in [0.4, 0.5) is 15.7 Å². The van der Waals surface area contributed by atoms with Crippen LogP contribution in [0.2, 0.25) is 0 Å². The number of amides is 2. The van der Waals surface area contributed by atoms with Gasteiger partial charge in [-0.05, 0) is 24.3 Å². The summed E-state index contributed by atoms with van der Waals surface area (Å²) in [6, 6.07) is 8.68. The molecule has 0 radical (unpaired) electrons. The highest BCUT2D eigenvalue weighted by Crippen LogP contribution is 2.24. The van der Waals surface area contributed by atoms with Gasteiger partial charge < -0.3 is 0 Å². The summed E-state index contributed by atoms with van der Waals surface area (Å²) in [5, 5.41) is 7.69. The Balaban J connectivity index is 1.66. The Morgan fingerprint density at radius 1 is 1.10 bits per heavy atom. The number of aromatic nitrogens is 3. The van der Waals surface area contributed by atoms with Gasteiger partial charge in [0.2, 0.25) is 0 Å². The van der Waals surface area contributed by atoms with E-state index in [1.54, 1.807) is 36.8 Å². The average molecular weight is 297 g/mol. The highest BCUT2D eigenvalue weighted by Gasteiger charge is 2.08. The third kappa shape index (κ3) is 3.40. The van der Waals surface area contributed by atoms with Crippen molar-refractivity contribution >= 4 is 28.3 Å². The molecule has 0 bridgehead atoms. The lowest BCUT2D eigenvalue weighted by molar-refractivity contribution is 0.262. The number of thiazole rings is 1. The predicted octanol–water partition coefficient (Wildman–Crippen LogP) is 3.24. The Morgan fingerprint density at radius 3 is 2.81 bits per heavy atom. The van der Waals surface area contributed by atoms with Crippen molar-refractivity contribution in [2.24, 2.45) is 0 Å². The van der Waals surface area contributed by atoms with Crippen LogP contribution in [0.3, 0.4) is 0 Å². The fraction of sp³-hybridized carbons (Fsp3) is 0. The van der Waals surface area contributed by atoms with Crippen molar-refractivity contribution in [3.8, 4) is 11.3 Å². The molecule has 3 aromatic heterocycles. The van der Waals surface area contributed by atoms with E-state index >= 15 is 0 Å². The molecule has 0 saturated carbocycles. The van der Waals surface area contributed by atoms with Crippen molar-refractivity contribution in [1.29, 1.82) is 0 Å². The van der Waals surface area contributed by atoms with Crippen LogP contribution in [-0.4, -0.2) is 21.0 Å². The Kier molecular flexibility index (Phi) is 3.83. The maximum atomic E-state index is 11.8. The smallest absolute Gasteiger partial charge is 0.292 e. The molecule has 3 aromatic rings. The van der Waals surface area contributed by atoms with Gasteiger partial charge in [-0.15, -0.1) is 11.3 Å². The molecule has 2 N–H and O–H groups in total. The molecule has 0 unspecified atom stereocenters. The number of pyridine rings is 2. The summed E-state index contributed by atoms with van der Waals surface area (Å²) in [7, 11) is 0. The zero-order valence-electron chi connectivity index (χ0n) is 10.9. The minimum absolute atomic E-state index is 0.374. The van der Waals surface area contributed by atoms with Crippen molar-refractivity contribution in [2.45, 2.75) is 0 Å². The molecule has 0 aliphatic rings. The first-order valence-corrected chi connectivity index (χ1v) is 7.04. The molecule has 0 atom stereocenters. The topological polar surface area (TPSA) is 79.8 Å². The van der Waals surface area contributed by atoms with E-state index in [0.29, 0.717) is 10.9 Å². The summed E-state index contributed by atoms with van der Waals surface area (Å²) < 4.78 is 0. The summed E-state index contributed by atoms with van der Waals surface area (Å²) in [5.74, 6) is 0.485. The Labute approximate surface area is 124 Å². The third-order valence-electron chi connectivity index (χ3n) is 2.59. The first-order chi connectivity index (χ1) is 10.3. The molecule has 104 valence electrons. The lowest BCUT2D eigenvalue weighted by Crippen LogP contribution is -2.19. The molecule has 2 amide bonds. The van der Waals surface area contributed by atoms with Gasteiger partial charge in [0.15, 0.2) is 5.13 Å². The van der Waals surface area contributed by atoms with Crippen LogP contribution in [-0.2, 0) is 0 Å². The average Bonchev–Trinajstić information content (AvgIpc) is 2.97. The van der Waals surface area contributed by atoms with Crippen molar-refractivity contribution in [1.82, 2.24) is 15.0 Å². The van der Waals surface area contributed by atoms with Gasteiger partial charge in [0.05, 0.1) is 5.69 Å². The summed E-state index contributed by atoms with van der Waals surface area (Å²) >= 11 is 1.35. The quantitative estimate of drug-likeness (QED) is 0.777. The second-order valence-corrected chi connectivity index (χ2v) is 4.93. The number of nitrogens with one attached hydrogen (secondary N) is 2. The summed E-state index contributed by atoms with van der Waals surface area (Å²) in [5.41, 5.74) is 1.69. The Morgan fingerprint density at radius 2 is 2.05 bits per heavy atom. The van der Waals surface area contributed by atoms with E-state index in [4.69, 9.17) is 0 Å². The highest BCUT2D eigenvalue weighted by molar-refractivity contribution is 7.14. The maximum absolute atomic E-state index is 11.8. The minimum Gasteiger partial charge on any atom is -0.292 e. The molecule has 3 heterocycles. The molecule has 0 fully saturated rings. The molecule has 0 aromatic carbocycles. The number of anilines is 2. The van der Waals surface area contributed by atoms with E-state index in [9.17, 15) is 4.79 Å². The normalized spacial score (nSPS) is 10.1. The van der Waals surface area contributed by atoms with E-state index < -0.39 is 0 Å². The Hall–Kier alpha value is -2.80. The van der Waals surface area contributed by atoms with Crippen LogP contribution in [0.1, 0.15) is 0 Å². The predicted molar refractivity (Wildman–Crippen MR) is 82.2 cm³/mol. The fourth-order valence-corrected chi connectivity index (χ4v) is 2.37. The van der Waals surface area contributed by atoms with Gasteiger partial charge in [0.1, 0.15) is 5.82 Å². The third-order valence-corrected chi connectivity index (χ3v) is 3.35. The number of carbonyl (C=O) groups is 1. The lowest BCUT2D eigenvalue weighted by atomic mass is 10.2. The Bertz CT molecular complexity index is 729. The van der Waals surface area contributed by atoms with Gasteiger partial charge in [0, 0.05) is 29.5 Å². The number of carbonyl (C=O) groups excluding carboxylic acids is 1. The van der Waals surface area contributed by atoms with Crippen molar-refractivity contribution in [3.05, 3.63) is 54.3 Å². The van der Waals surface area contributed by atoms with Crippen LogP contribution in [0.25, 0.3) is 11.3 Å². The summed E-state index contributed by atoms with van der Waals surface area (Å²) in [6.07, 6.45) is 5.04. The zero-order valence-corrected chi connectivity index (χ0v) is 11.7. The molecule has 0 spiro atoms. The van der Waals surface area contributed by atoms with Crippen LogP contribution in [0, 0.1) is 0 Å². The number of hydrogen-bond donors (Lipinski definition) is 2. The van der Waals surface area contributed by atoms with Crippen LogP contribution >= 0.6 is 11.3 Å². The SMILES string of the molecule is O=C(Nc1ccccn1)Nc1nc(-c2cccnc2)cs1. The van der Waals surface area contributed by atoms with E-state index in [-0.39, 0.29) is 6.03 Å². The molecule has 21 heavy (non-hydrogen) atoms. The van der Waals surface area contributed by atoms with Crippen LogP contribution in [0.5, 0.6) is 0 Å². The first-order valence-electron chi connectivity index (χ1n) is 6.16. The van der Waals surface area contributed by atoms with Crippen molar-refractivity contribution in [2.75, 3.05) is 10.6 Å². The van der Waals surface area contributed by atoms with Gasteiger partial charge in [0.25, 0.3) is 0 Å². The fourth-order valence-electron chi connectivity index (χ4n) is 1.66. The van der Waals surface area contributed by atoms with E-state index in [0.717, 1.165) is 11.3 Å². The lowest BCUT2D eigenvalue weighted by Gasteiger charge is -2.03. The number of nitrogens with zero attached hydrogens (tertiary/aromatic N) is 3. The van der Waals surface area contributed by atoms with Gasteiger partial charge in [-0.1, -0.05) is 6.07 Å². The second-order valence-electron chi connectivity index (χ2n) is 4.07. The highest BCUT2D eigenvalue weighted by atomic mass is 32.1. The molecular weight excluding hydrogens is 286 g/mol. The minimum atomic E-state index is -0.374. The number of rotatable bonds is 3. The molecule has 3 rings (SSSR count). The van der Waals surface area contributed by atoms with Gasteiger partial charge in [-0.25, -0.2) is 14.8 Å². The monoisotopic (exact) mass is 297 g/mol. The van der Waals surface area contributed by atoms with Crippen molar-refractivity contribution in [3.63, 3.8) is 0 Å². The summed E-state index contributed by atoms with van der Waals surface area (Å²) in [6.45, 7) is 0. The number of hydrogen-bond acceptors (Lipinski definition) is 5. The molecule has 7 heteroatoms. The van der Waals surface area contributed by atoms with Crippen LogP contribution < -0.4 is 10.6 Å². The largest absolute Gasteiger partial charge is 0.326 e.